The lowest BCUT2D eigenvalue weighted by molar-refractivity contribution is -0.118. The summed E-state index contributed by atoms with van der Waals surface area (Å²) in [6, 6.07) is 0.454. The second kappa shape index (κ2) is 4.72. The fourth-order valence-corrected chi connectivity index (χ4v) is 3.39. The molecule has 1 fully saturated rings. The van der Waals surface area contributed by atoms with Gasteiger partial charge in [-0.1, -0.05) is 13.8 Å². The van der Waals surface area contributed by atoms with Gasteiger partial charge in [0.15, 0.2) is 5.96 Å². The van der Waals surface area contributed by atoms with Gasteiger partial charge in [-0.05, 0) is 33.1 Å². The van der Waals surface area contributed by atoms with E-state index < -0.39 is 0 Å². The van der Waals surface area contributed by atoms with Crippen LogP contribution >= 0.6 is 0 Å². The normalized spacial score (nSPS) is 38.0. The first-order valence-electron chi connectivity index (χ1n) is 7.19. The lowest BCUT2D eigenvalue weighted by Gasteiger charge is -2.50. The average molecular weight is 253 g/mol. The zero-order valence-corrected chi connectivity index (χ0v) is 12.2. The van der Waals surface area contributed by atoms with E-state index in [1.807, 2.05) is 0 Å². The zero-order valence-electron chi connectivity index (χ0n) is 12.2. The SMILES string of the molecule is CCC(C)N1C(N)=NCC12CCOC(C)(CC)C2. The number of hydrogen-bond acceptors (Lipinski definition) is 4. The topological polar surface area (TPSA) is 50.8 Å². The summed E-state index contributed by atoms with van der Waals surface area (Å²) in [5.74, 6) is 0.727. The second-order valence-electron chi connectivity index (χ2n) is 6.10. The fraction of sp³-hybridized carbons (Fsp3) is 0.929. The number of guanidine groups is 1. The average Bonchev–Trinajstić information content (AvgIpc) is 2.65. The molecule has 0 aliphatic carbocycles. The van der Waals surface area contributed by atoms with Gasteiger partial charge in [0.1, 0.15) is 0 Å². The number of rotatable bonds is 3. The molecular weight excluding hydrogens is 226 g/mol. The molecule has 0 aromatic heterocycles. The van der Waals surface area contributed by atoms with Crippen LogP contribution in [0.15, 0.2) is 4.99 Å². The number of nitrogens with two attached hydrogens (primary N) is 1. The van der Waals surface area contributed by atoms with Crippen molar-refractivity contribution in [3.63, 3.8) is 0 Å². The van der Waals surface area contributed by atoms with Gasteiger partial charge in [0.25, 0.3) is 0 Å². The molecule has 2 N–H and O–H groups in total. The molecule has 0 amide bonds. The van der Waals surface area contributed by atoms with E-state index in [2.05, 4.69) is 37.6 Å². The number of ether oxygens (including phenoxy) is 1. The Morgan fingerprint density at radius 3 is 2.83 bits per heavy atom. The lowest BCUT2D eigenvalue weighted by atomic mass is 9.78. The zero-order chi connectivity index (χ0) is 13.4. The summed E-state index contributed by atoms with van der Waals surface area (Å²) in [6.07, 6.45) is 4.22. The summed E-state index contributed by atoms with van der Waals surface area (Å²) < 4.78 is 5.98. The molecule has 0 bridgehead atoms. The highest BCUT2D eigenvalue weighted by atomic mass is 16.5. The monoisotopic (exact) mass is 253 g/mol. The third-order valence-corrected chi connectivity index (χ3v) is 4.79. The van der Waals surface area contributed by atoms with E-state index in [1.54, 1.807) is 0 Å². The first-order chi connectivity index (χ1) is 8.46. The molecule has 0 saturated carbocycles. The molecule has 18 heavy (non-hydrogen) atoms. The molecule has 0 aromatic rings. The molecule has 1 spiro atoms. The maximum Gasteiger partial charge on any atom is 0.192 e. The molecule has 1 saturated heterocycles. The maximum atomic E-state index is 6.13. The van der Waals surface area contributed by atoms with E-state index in [9.17, 15) is 0 Å². The van der Waals surface area contributed by atoms with Crippen LogP contribution in [0.4, 0.5) is 0 Å². The van der Waals surface area contributed by atoms with E-state index in [4.69, 9.17) is 10.5 Å². The van der Waals surface area contributed by atoms with Crippen LogP contribution in [0.3, 0.4) is 0 Å². The quantitative estimate of drug-likeness (QED) is 0.838. The maximum absolute atomic E-state index is 6.13. The Balaban J connectivity index is 2.25. The first kappa shape index (κ1) is 13.7. The minimum atomic E-state index is -0.0237. The van der Waals surface area contributed by atoms with Crippen molar-refractivity contribution < 1.29 is 4.74 Å². The van der Waals surface area contributed by atoms with Crippen molar-refractivity contribution in [2.45, 2.75) is 70.6 Å². The van der Waals surface area contributed by atoms with Crippen molar-refractivity contribution in [1.82, 2.24) is 4.90 Å². The van der Waals surface area contributed by atoms with Crippen LogP contribution < -0.4 is 5.73 Å². The van der Waals surface area contributed by atoms with Gasteiger partial charge in [-0.25, -0.2) is 0 Å². The molecule has 4 heteroatoms. The van der Waals surface area contributed by atoms with Gasteiger partial charge in [-0.2, -0.15) is 0 Å². The molecule has 4 nitrogen and oxygen atoms in total. The highest BCUT2D eigenvalue weighted by molar-refractivity contribution is 5.81. The molecule has 2 aliphatic heterocycles. The molecule has 2 rings (SSSR count). The van der Waals surface area contributed by atoms with Crippen molar-refractivity contribution >= 4 is 5.96 Å². The molecule has 0 aromatic carbocycles. The highest BCUT2D eigenvalue weighted by Crippen LogP contribution is 2.41. The largest absolute Gasteiger partial charge is 0.375 e. The third kappa shape index (κ3) is 2.11. The minimum Gasteiger partial charge on any atom is -0.375 e. The predicted octanol–water partition coefficient (Wildman–Crippen LogP) is 2.13. The first-order valence-corrected chi connectivity index (χ1v) is 7.19. The van der Waals surface area contributed by atoms with E-state index in [0.29, 0.717) is 6.04 Å². The lowest BCUT2D eigenvalue weighted by Crippen LogP contribution is -2.61. The van der Waals surface area contributed by atoms with Crippen molar-refractivity contribution in [1.29, 1.82) is 0 Å². The van der Waals surface area contributed by atoms with Gasteiger partial charge in [-0.3, -0.25) is 4.99 Å². The molecule has 0 radical (unpaired) electrons. The van der Waals surface area contributed by atoms with Crippen LogP contribution in [0.2, 0.25) is 0 Å². The van der Waals surface area contributed by atoms with Gasteiger partial charge >= 0.3 is 0 Å². The van der Waals surface area contributed by atoms with Crippen molar-refractivity contribution in [2.24, 2.45) is 10.7 Å². The standard InChI is InChI=1S/C14H27N3O/c1-5-11(3)17-12(15)16-10-14(17)7-8-18-13(4,6-2)9-14/h11H,5-10H2,1-4H3,(H2,15,16). The summed E-state index contributed by atoms with van der Waals surface area (Å²) >= 11 is 0. The summed E-state index contributed by atoms with van der Waals surface area (Å²) in [6.45, 7) is 10.5. The van der Waals surface area contributed by atoms with Crippen molar-refractivity contribution in [3.8, 4) is 0 Å². The molecular formula is C14H27N3O. The van der Waals surface area contributed by atoms with E-state index in [0.717, 1.165) is 44.8 Å². The second-order valence-corrected chi connectivity index (χ2v) is 6.10. The van der Waals surface area contributed by atoms with Gasteiger partial charge in [-0.15, -0.1) is 0 Å². The third-order valence-electron chi connectivity index (χ3n) is 4.79. The molecule has 2 aliphatic rings. The van der Waals surface area contributed by atoms with Gasteiger partial charge in [0.2, 0.25) is 0 Å². The molecule has 2 heterocycles. The summed E-state index contributed by atoms with van der Waals surface area (Å²) in [4.78, 5) is 6.89. The van der Waals surface area contributed by atoms with Gasteiger partial charge in [0.05, 0.1) is 17.7 Å². The van der Waals surface area contributed by atoms with E-state index in [1.165, 1.54) is 0 Å². The smallest absolute Gasteiger partial charge is 0.192 e. The number of aliphatic imine (C=N–C) groups is 1. The van der Waals surface area contributed by atoms with Gasteiger partial charge in [0, 0.05) is 19.1 Å². The molecule has 3 unspecified atom stereocenters. The van der Waals surface area contributed by atoms with Gasteiger partial charge < -0.3 is 15.4 Å². The van der Waals surface area contributed by atoms with E-state index in [-0.39, 0.29) is 11.1 Å². The van der Waals surface area contributed by atoms with Crippen LogP contribution in [-0.2, 0) is 4.74 Å². The fourth-order valence-electron chi connectivity index (χ4n) is 3.39. The Kier molecular flexibility index (Phi) is 3.58. The Morgan fingerprint density at radius 1 is 1.50 bits per heavy atom. The van der Waals surface area contributed by atoms with E-state index >= 15 is 0 Å². The van der Waals surface area contributed by atoms with Crippen LogP contribution in [0.25, 0.3) is 0 Å². The van der Waals surface area contributed by atoms with Crippen LogP contribution in [0.5, 0.6) is 0 Å². The summed E-state index contributed by atoms with van der Waals surface area (Å²) in [5, 5.41) is 0. The highest BCUT2D eigenvalue weighted by Gasteiger charge is 2.50. The Labute approximate surface area is 111 Å². The van der Waals surface area contributed by atoms with Crippen LogP contribution in [0, 0.1) is 0 Å². The van der Waals surface area contributed by atoms with Crippen LogP contribution in [-0.4, -0.2) is 41.2 Å². The van der Waals surface area contributed by atoms with Crippen LogP contribution in [0.1, 0.15) is 53.4 Å². The minimum absolute atomic E-state index is 0.0237. The Bertz CT molecular complexity index is 344. The molecule has 104 valence electrons. The van der Waals surface area contributed by atoms with Crippen molar-refractivity contribution in [2.75, 3.05) is 13.2 Å². The van der Waals surface area contributed by atoms with Crippen molar-refractivity contribution in [3.05, 3.63) is 0 Å². The summed E-state index contributed by atoms with van der Waals surface area (Å²) in [7, 11) is 0. The Morgan fingerprint density at radius 2 is 2.22 bits per heavy atom. The number of nitrogens with zero attached hydrogens (tertiary/aromatic N) is 2. The Hall–Kier alpha value is -0.770. The number of hydrogen-bond donors (Lipinski definition) is 1. The molecule has 3 atom stereocenters. The predicted molar refractivity (Wildman–Crippen MR) is 74.7 cm³/mol. The summed E-state index contributed by atoms with van der Waals surface area (Å²) in [5.41, 5.74) is 6.20.